The normalized spacial score (nSPS) is 11.8. The van der Waals surface area contributed by atoms with Gasteiger partial charge < -0.3 is 5.32 Å². The van der Waals surface area contributed by atoms with Crippen molar-refractivity contribution in [3.8, 4) is 0 Å². The lowest BCUT2D eigenvalue weighted by molar-refractivity contribution is 1.21. The van der Waals surface area contributed by atoms with Crippen LogP contribution in [-0.2, 0) is 0 Å². The molecule has 0 saturated heterocycles. The third-order valence-electron chi connectivity index (χ3n) is 3.83. The summed E-state index contributed by atoms with van der Waals surface area (Å²) in [6.45, 7) is 6.08. The minimum atomic E-state index is 0.724. The molecule has 4 aromatic rings. The molecule has 1 aromatic carbocycles. The fraction of sp³-hybridized carbons (Fsp3) is 0.0476. The molecular weight excluding hydrogens is 386 g/mol. The number of pyridine rings is 1. The fourth-order valence-electron chi connectivity index (χ4n) is 2.58. The summed E-state index contributed by atoms with van der Waals surface area (Å²) >= 11 is 3.10. The van der Waals surface area contributed by atoms with Crippen molar-refractivity contribution < 1.29 is 0 Å². The number of hydrogen-bond donors (Lipinski definition) is 1. The SMILES string of the molecule is C=C(/C=C\C=C/C)Sc1ccc2ncnc(Nc3nc4cccnc4s3)c2c1. The molecule has 3 aromatic heterocycles. The largest absolute Gasteiger partial charge is 0.316 e. The predicted molar refractivity (Wildman–Crippen MR) is 119 cm³/mol. The molecule has 0 atom stereocenters. The zero-order valence-electron chi connectivity index (χ0n) is 15.2. The van der Waals surface area contributed by atoms with Crippen LogP contribution in [0.2, 0.25) is 0 Å². The van der Waals surface area contributed by atoms with Crippen molar-refractivity contribution >= 4 is 55.3 Å². The molecule has 28 heavy (non-hydrogen) atoms. The van der Waals surface area contributed by atoms with Gasteiger partial charge in [-0.3, -0.25) is 0 Å². The maximum absolute atomic E-state index is 4.58. The zero-order valence-corrected chi connectivity index (χ0v) is 16.8. The number of aromatic nitrogens is 4. The first kappa shape index (κ1) is 18.3. The Balaban J connectivity index is 1.63. The van der Waals surface area contributed by atoms with Gasteiger partial charge in [0.15, 0.2) is 5.13 Å². The van der Waals surface area contributed by atoms with E-state index in [-0.39, 0.29) is 0 Å². The Morgan fingerprint density at radius 2 is 2.07 bits per heavy atom. The van der Waals surface area contributed by atoms with Crippen LogP contribution < -0.4 is 5.32 Å². The standard InChI is InChI=1S/C21H17N5S2/c1-3-4-5-7-14(2)27-15-9-10-17-16(12-15)19(24-13-23-17)26-21-25-18-8-6-11-22-20(18)28-21/h3-13H,2H2,1H3,(H,23,24,25,26)/b4-3-,7-5-. The van der Waals surface area contributed by atoms with E-state index >= 15 is 0 Å². The number of allylic oxidation sites excluding steroid dienone is 4. The van der Waals surface area contributed by atoms with Gasteiger partial charge in [0, 0.05) is 21.4 Å². The molecule has 0 bridgehead atoms. The van der Waals surface area contributed by atoms with E-state index in [0.717, 1.165) is 42.0 Å². The number of fused-ring (bicyclic) bond motifs is 2. The summed E-state index contributed by atoms with van der Waals surface area (Å²) in [6.07, 6.45) is 11.3. The summed E-state index contributed by atoms with van der Waals surface area (Å²) in [5.41, 5.74) is 1.74. The molecular formula is C21H17N5S2. The maximum Gasteiger partial charge on any atom is 0.190 e. The number of nitrogens with one attached hydrogen (secondary N) is 1. The molecule has 5 nitrogen and oxygen atoms in total. The lowest BCUT2D eigenvalue weighted by atomic mass is 10.2. The zero-order chi connectivity index (χ0) is 19.3. The number of thioether (sulfide) groups is 1. The van der Waals surface area contributed by atoms with E-state index in [9.17, 15) is 0 Å². The van der Waals surface area contributed by atoms with Crippen LogP contribution in [0.25, 0.3) is 21.3 Å². The minimum Gasteiger partial charge on any atom is -0.316 e. The molecule has 0 aliphatic carbocycles. The van der Waals surface area contributed by atoms with Crippen LogP contribution in [0, 0.1) is 0 Å². The first-order chi connectivity index (χ1) is 13.7. The monoisotopic (exact) mass is 403 g/mol. The highest BCUT2D eigenvalue weighted by Crippen LogP contribution is 2.32. The summed E-state index contributed by atoms with van der Waals surface area (Å²) in [5, 5.41) is 5.01. The van der Waals surface area contributed by atoms with Crippen molar-refractivity contribution in [1.82, 2.24) is 19.9 Å². The van der Waals surface area contributed by atoms with E-state index in [4.69, 9.17) is 0 Å². The Kier molecular flexibility index (Phi) is 5.45. The Bertz CT molecular complexity index is 1180. The van der Waals surface area contributed by atoms with E-state index in [1.165, 1.54) is 11.3 Å². The predicted octanol–water partition coefficient (Wildman–Crippen LogP) is 6.12. The molecule has 0 aliphatic rings. The molecule has 7 heteroatoms. The summed E-state index contributed by atoms with van der Waals surface area (Å²) < 4.78 is 0. The molecule has 3 heterocycles. The Morgan fingerprint density at radius 3 is 2.93 bits per heavy atom. The lowest BCUT2D eigenvalue weighted by Crippen LogP contribution is -1.95. The van der Waals surface area contributed by atoms with E-state index in [1.807, 2.05) is 55.5 Å². The summed E-state index contributed by atoms with van der Waals surface area (Å²) in [5.74, 6) is 0.724. The number of rotatable bonds is 6. The Morgan fingerprint density at radius 1 is 1.14 bits per heavy atom. The quantitative estimate of drug-likeness (QED) is 0.309. The van der Waals surface area contributed by atoms with E-state index in [1.54, 1.807) is 24.3 Å². The lowest BCUT2D eigenvalue weighted by Gasteiger charge is -2.07. The second kappa shape index (κ2) is 8.33. The average molecular weight is 404 g/mol. The van der Waals surface area contributed by atoms with Gasteiger partial charge in [-0.05, 0) is 43.3 Å². The van der Waals surface area contributed by atoms with Crippen LogP contribution in [0.5, 0.6) is 0 Å². The molecule has 1 N–H and O–H groups in total. The maximum atomic E-state index is 4.58. The van der Waals surface area contributed by atoms with Crippen LogP contribution in [-0.4, -0.2) is 19.9 Å². The van der Waals surface area contributed by atoms with E-state index < -0.39 is 0 Å². The van der Waals surface area contributed by atoms with Gasteiger partial charge in [-0.25, -0.2) is 19.9 Å². The summed E-state index contributed by atoms with van der Waals surface area (Å²) in [4.78, 5) is 20.6. The van der Waals surface area contributed by atoms with Crippen molar-refractivity contribution in [2.24, 2.45) is 0 Å². The van der Waals surface area contributed by atoms with E-state index in [2.05, 4.69) is 37.9 Å². The van der Waals surface area contributed by atoms with Crippen LogP contribution in [0.4, 0.5) is 10.9 Å². The number of anilines is 2. The topological polar surface area (TPSA) is 63.6 Å². The van der Waals surface area contributed by atoms with Crippen molar-refractivity contribution in [2.75, 3.05) is 5.32 Å². The number of benzene rings is 1. The van der Waals surface area contributed by atoms with Crippen LogP contribution >= 0.6 is 23.1 Å². The highest BCUT2D eigenvalue weighted by Gasteiger charge is 2.09. The fourth-order valence-corrected chi connectivity index (χ4v) is 4.15. The van der Waals surface area contributed by atoms with Crippen molar-refractivity contribution in [2.45, 2.75) is 11.8 Å². The highest BCUT2D eigenvalue weighted by molar-refractivity contribution is 8.03. The van der Waals surface area contributed by atoms with Gasteiger partial charge in [0.2, 0.25) is 0 Å². The van der Waals surface area contributed by atoms with E-state index in [0.29, 0.717) is 0 Å². The van der Waals surface area contributed by atoms with Gasteiger partial charge in [0.05, 0.1) is 5.52 Å². The molecule has 0 spiro atoms. The third-order valence-corrected chi connectivity index (χ3v) is 5.62. The number of thiazole rings is 1. The summed E-state index contributed by atoms with van der Waals surface area (Å²) in [6, 6.07) is 9.94. The average Bonchev–Trinajstić information content (AvgIpc) is 3.11. The third kappa shape index (κ3) is 4.11. The Hall–Kier alpha value is -3.03. The summed E-state index contributed by atoms with van der Waals surface area (Å²) in [7, 11) is 0. The molecule has 0 fully saturated rings. The molecule has 0 saturated carbocycles. The van der Waals surface area contributed by atoms with Crippen LogP contribution in [0.1, 0.15) is 6.92 Å². The van der Waals surface area contributed by atoms with Gasteiger partial charge in [-0.1, -0.05) is 47.9 Å². The van der Waals surface area contributed by atoms with Crippen LogP contribution in [0.3, 0.4) is 0 Å². The molecule has 0 aliphatic heterocycles. The molecule has 0 radical (unpaired) electrons. The Labute approximate surface area is 171 Å². The first-order valence-corrected chi connectivity index (χ1v) is 10.3. The van der Waals surface area contributed by atoms with Crippen LogP contribution in [0.15, 0.2) is 83.5 Å². The number of hydrogen-bond acceptors (Lipinski definition) is 7. The minimum absolute atomic E-state index is 0.724. The van der Waals surface area contributed by atoms with Crippen molar-refractivity contribution in [1.29, 1.82) is 0 Å². The second-order valence-electron chi connectivity index (χ2n) is 5.83. The molecule has 4 rings (SSSR count). The van der Waals surface area contributed by atoms with Gasteiger partial charge >= 0.3 is 0 Å². The first-order valence-electron chi connectivity index (χ1n) is 8.62. The van der Waals surface area contributed by atoms with Crippen molar-refractivity contribution in [3.63, 3.8) is 0 Å². The second-order valence-corrected chi connectivity index (χ2v) is 8.00. The molecule has 0 amide bonds. The molecule has 138 valence electrons. The van der Waals surface area contributed by atoms with Gasteiger partial charge in [-0.15, -0.1) is 0 Å². The van der Waals surface area contributed by atoms with Crippen molar-refractivity contribution in [3.05, 3.63) is 78.6 Å². The highest BCUT2D eigenvalue weighted by atomic mass is 32.2. The van der Waals surface area contributed by atoms with Gasteiger partial charge in [0.1, 0.15) is 22.5 Å². The smallest absolute Gasteiger partial charge is 0.190 e. The number of nitrogens with zero attached hydrogens (tertiary/aromatic N) is 4. The van der Waals surface area contributed by atoms with Gasteiger partial charge in [0.25, 0.3) is 0 Å². The van der Waals surface area contributed by atoms with Gasteiger partial charge in [-0.2, -0.15) is 0 Å². The molecule has 0 unspecified atom stereocenters.